The maximum absolute atomic E-state index is 13.1. The van der Waals surface area contributed by atoms with E-state index in [2.05, 4.69) is 21.2 Å². The molecule has 0 amide bonds. The van der Waals surface area contributed by atoms with Crippen LogP contribution in [0.3, 0.4) is 0 Å². The number of halogens is 3. The number of hydrogen-bond acceptors (Lipinski definition) is 2. The minimum absolute atomic E-state index is 0.0319. The molecule has 5 heteroatoms. The summed E-state index contributed by atoms with van der Waals surface area (Å²) in [5.41, 5.74) is 0.952. The Morgan fingerprint density at radius 1 is 1.35 bits per heavy atom. The molecule has 0 spiro atoms. The van der Waals surface area contributed by atoms with E-state index in [1.165, 1.54) is 6.07 Å². The highest BCUT2D eigenvalue weighted by Gasteiger charge is 2.15. The molecule has 2 aromatic rings. The Bertz CT molecular complexity index is 529. The molecule has 1 atom stereocenters. The van der Waals surface area contributed by atoms with Gasteiger partial charge >= 0.3 is 0 Å². The normalized spacial score (nSPS) is 12.7. The Kier molecular flexibility index (Phi) is 4.20. The second kappa shape index (κ2) is 5.48. The van der Waals surface area contributed by atoms with E-state index in [1.807, 2.05) is 19.2 Å². The average Bonchev–Trinajstić information content (AvgIpc) is 2.71. The summed E-state index contributed by atoms with van der Waals surface area (Å²) in [5, 5.41) is 3.35. The van der Waals surface area contributed by atoms with E-state index < -0.39 is 5.82 Å². The SMILES string of the molecule is CNC(c1ccc(F)c(Cl)c1)c1ccc(Br)s1. The zero-order valence-electron chi connectivity index (χ0n) is 9.01. The summed E-state index contributed by atoms with van der Waals surface area (Å²) in [5.74, 6) is -0.391. The van der Waals surface area contributed by atoms with Crippen LogP contribution in [0.2, 0.25) is 5.02 Å². The van der Waals surface area contributed by atoms with Crippen LogP contribution in [0, 0.1) is 5.82 Å². The third kappa shape index (κ3) is 2.88. The van der Waals surface area contributed by atoms with Gasteiger partial charge in [0.2, 0.25) is 0 Å². The zero-order valence-corrected chi connectivity index (χ0v) is 12.2. The van der Waals surface area contributed by atoms with Gasteiger partial charge in [-0.2, -0.15) is 0 Å². The highest BCUT2D eigenvalue weighted by Crippen LogP contribution is 2.32. The molecule has 0 bridgehead atoms. The molecule has 0 aliphatic heterocycles. The Morgan fingerprint density at radius 3 is 2.65 bits per heavy atom. The zero-order chi connectivity index (χ0) is 12.4. The Hall–Kier alpha value is -0.420. The first-order valence-electron chi connectivity index (χ1n) is 4.99. The third-order valence-corrected chi connectivity index (χ3v) is 4.42. The molecular weight excluding hydrogens is 325 g/mol. The van der Waals surface area contributed by atoms with Crippen LogP contribution in [0.4, 0.5) is 4.39 Å². The van der Waals surface area contributed by atoms with E-state index >= 15 is 0 Å². The highest BCUT2D eigenvalue weighted by molar-refractivity contribution is 9.11. The molecule has 17 heavy (non-hydrogen) atoms. The first kappa shape index (κ1) is 13.0. The van der Waals surface area contributed by atoms with Crippen LogP contribution in [0.5, 0.6) is 0 Å². The smallest absolute Gasteiger partial charge is 0.141 e. The minimum atomic E-state index is -0.391. The molecule has 0 saturated heterocycles. The van der Waals surface area contributed by atoms with Crippen molar-refractivity contribution in [1.29, 1.82) is 0 Å². The van der Waals surface area contributed by atoms with Gasteiger partial charge in [-0.3, -0.25) is 0 Å². The van der Waals surface area contributed by atoms with E-state index in [-0.39, 0.29) is 11.1 Å². The Labute approximate surface area is 117 Å². The Morgan fingerprint density at radius 2 is 2.12 bits per heavy atom. The number of nitrogens with one attached hydrogen (secondary N) is 1. The van der Waals surface area contributed by atoms with Gasteiger partial charge in [0.25, 0.3) is 0 Å². The van der Waals surface area contributed by atoms with Crippen LogP contribution in [0.15, 0.2) is 34.1 Å². The first-order valence-corrected chi connectivity index (χ1v) is 6.98. The van der Waals surface area contributed by atoms with Gasteiger partial charge in [-0.25, -0.2) is 4.39 Å². The molecule has 1 aromatic carbocycles. The fraction of sp³-hybridized carbons (Fsp3) is 0.167. The lowest BCUT2D eigenvalue weighted by Gasteiger charge is -2.15. The van der Waals surface area contributed by atoms with Gasteiger partial charge in [0.15, 0.2) is 0 Å². The predicted octanol–water partition coefficient (Wildman–Crippen LogP) is 4.61. The fourth-order valence-corrected chi connectivity index (χ4v) is 3.40. The minimum Gasteiger partial charge on any atom is -0.309 e. The molecule has 1 aromatic heterocycles. The van der Waals surface area contributed by atoms with Crippen LogP contribution in [-0.2, 0) is 0 Å². The molecule has 2 rings (SSSR count). The van der Waals surface area contributed by atoms with Crippen molar-refractivity contribution in [3.63, 3.8) is 0 Å². The number of thiophene rings is 1. The monoisotopic (exact) mass is 333 g/mol. The van der Waals surface area contributed by atoms with Crippen LogP contribution < -0.4 is 5.32 Å². The average molecular weight is 335 g/mol. The second-order valence-corrected chi connectivity index (χ2v) is 6.44. The van der Waals surface area contributed by atoms with Gasteiger partial charge in [0, 0.05) is 4.88 Å². The van der Waals surface area contributed by atoms with E-state index in [1.54, 1.807) is 23.5 Å². The summed E-state index contributed by atoms with van der Waals surface area (Å²) in [6.07, 6.45) is 0. The molecular formula is C12H10BrClFNS. The lowest BCUT2D eigenvalue weighted by molar-refractivity contribution is 0.624. The third-order valence-electron chi connectivity index (χ3n) is 2.44. The van der Waals surface area contributed by atoms with E-state index in [9.17, 15) is 4.39 Å². The van der Waals surface area contributed by atoms with Gasteiger partial charge in [0.1, 0.15) is 5.82 Å². The summed E-state index contributed by atoms with van der Waals surface area (Å²) in [6.45, 7) is 0. The quantitative estimate of drug-likeness (QED) is 0.864. The van der Waals surface area contributed by atoms with Gasteiger partial charge in [-0.05, 0) is 52.8 Å². The predicted molar refractivity (Wildman–Crippen MR) is 74.3 cm³/mol. The molecule has 1 heterocycles. The van der Waals surface area contributed by atoms with Crippen molar-refractivity contribution in [2.45, 2.75) is 6.04 Å². The Balaban J connectivity index is 2.38. The number of benzene rings is 1. The van der Waals surface area contributed by atoms with Crippen LogP contribution >= 0.6 is 38.9 Å². The molecule has 1 unspecified atom stereocenters. The van der Waals surface area contributed by atoms with Crippen molar-refractivity contribution in [2.24, 2.45) is 0 Å². The standard InChI is InChI=1S/C12H10BrClFNS/c1-16-12(10-4-5-11(13)17-10)7-2-3-9(15)8(14)6-7/h2-6,12,16H,1H3. The topological polar surface area (TPSA) is 12.0 Å². The lowest BCUT2D eigenvalue weighted by Crippen LogP contribution is -2.16. The van der Waals surface area contributed by atoms with Crippen molar-refractivity contribution in [3.05, 3.63) is 55.4 Å². The molecule has 1 N–H and O–H groups in total. The van der Waals surface area contributed by atoms with Crippen molar-refractivity contribution in [3.8, 4) is 0 Å². The number of rotatable bonds is 3. The van der Waals surface area contributed by atoms with Gasteiger partial charge in [-0.15, -0.1) is 11.3 Å². The molecule has 0 aliphatic carbocycles. The molecule has 0 radical (unpaired) electrons. The first-order chi connectivity index (χ1) is 8.11. The van der Waals surface area contributed by atoms with Crippen molar-refractivity contribution < 1.29 is 4.39 Å². The van der Waals surface area contributed by atoms with E-state index in [0.29, 0.717) is 0 Å². The summed E-state index contributed by atoms with van der Waals surface area (Å²) in [4.78, 5) is 1.15. The summed E-state index contributed by atoms with van der Waals surface area (Å²) >= 11 is 10.9. The van der Waals surface area contributed by atoms with E-state index in [0.717, 1.165) is 14.2 Å². The van der Waals surface area contributed by atoms with E-state index in [4.69, 9.17) is 11.6 Å². The number of hydrogen-bond donors (Lipinski definition) is 1. The molecule has 0 aliphatic rings. The molecule has 90 valence electrons. The van der Waals surface area contributed by atoms with Crippen LogP contribution in [0.25, 0.3) is 0 Å². The maximum Gasteiger partial charge on any atom is 0.141 e. The van der Waals surface area contributed by atoms with Crippen LogP contribution in [-0.4, -0.2) is 7.05 Å². The fourth-order valence-electron chi connectivity index (χ4n) is 1.65. The summed E-state index contributed by atoms with van der Waals surface area (Å²) in [7, 11) is 1.87. The van der Waals surface area contributed by atoms with Gasteiger partial charge in [-0.1, -0.05) is 17.7 Å². The largest absolute Gasteiger partial charge is 0.309 e. The maximum atomic E-state index is 13.1. The van der Waals surface area contributed by atoms with Crippen LogP contribution in [0.1, 0.15) is 16.5 Å². The van der Waals surface area contributed by atoms with Gasteiger partial charge < -0.3 is 5.32 Å². The van der Waals surface area contributed by atoms with Crippen molar-refractivity contribution in [1.82, 2.24) is 5.32 Å². The van der Waals surface area contributed by atoms with Gasteiger partial charge in [0.05, 0.1) is 14.9 Å². The van der Waals surface area contributed by atoms with Crippen molar-refractivity contribution in [2.75, 3.05) is 7.05 Å². The second-order valence-electron chi connectivity index (χ2n) is 3.54. The lowest BCUT2D eigenvalue weighted by atomic mass is 10.1. The molecule has 0 saturated carbocycles. The molecule has 1 nitrogen and oxygen atoms in total. The highest BCUT2D eigenvalue weighted by atomic mass is 79.9. The van der Waals surface area contributed by atoms with Crippen molar-refractivity contribution >= 4 is 38.9 Å². The molecule has 0 fully saturated rings. The summed E-state index contributed by atoms with van der Waals surface area (Å²) in [6, 6.07) is 8.86. The summed E-state index contributed by atoms with van der Waals surface area (Å²) < 4.78 is 14.2.